The zero-order chi connectivity index (χ0) is 13.5. The summed E-state index contributed by atoms with van der Waals surface area (Å²) in [7, 11) is 1.58. The van der Waals surface area contributed by atoms with Gasteiger partial charge in [-0.15, -0.1) is 0 Å². The molecule has 0 aromatic heterocycles. The van der Waals surface area contributed by atoms with E-state index >= 15 is 0 Å². The third-order valence-electron chi connectivity index (χ3n) is 2.54. The van der Waals surface area contributed by atoms with Crippen LogP contribution in [0, 0.1) is 10.1 Å². The summed E-state index contributed by atoms with van der Waals surface area (Å²) >= 11 is 0. The van der Waals surface area contributed by atoms with Crippen molar-refractivity contribution in [3.63, 3.8) is 0 Å². The van der Waals surface area contributed by atoms with Crippen LogP contribution in [0.5, 0.6) is 0 Å². The Hall–Kier alpha value is -2.11. The van der Waals surface area contributed by atoms with E-state index in [2.05, 4.69) is 10.6 Å². The van der Waals surface area contributed by atoms with Gasteiger partial charge in [-0.3, -0.25) is 14.9 Å². The lowest BCUT2D eigenvalue weighted by molar-refractivity contribution is -0.383. The molecule has 0 unspecified atom stereocenters. The molecule has 0 heterocycles. The van der Waals surface area contributed by atoms with Crippen molar-refractivity contribution in [1.82, 2.24) is 5.32 Å². The fourth-order valence-corrected chi connectivity index (χ4v) is 1.52. The first-order chi connectivity index (χ1) is 8.60. The van der Waals surface area contributed by atoms with Crippen LogP contribution in [0.4, 0.5) is 11.4 Å². The topological polar surface area (TPSA) is 84.3 Å². The number of nitrogens with zero attached hydrogens (tertiary/aromatic N) is 1. The maximum absolute atomic E-state index is 11.8. The van der Waals surface area contributed by atoms with Gasteiger partial charge in [0, 0.05) is 25.2 Å². The van der Waals surface area contributed by atoms with Gasteiger partial charge in [0.25, 0.3) is 11.6 Å². The molecule has 98 valence electrons. The Morgan fingerprint density at radius 2 is 2.17 bits per heavy atom. The van der Waals surface area contributed by atoms with Crippen LogP contribution >= 0.6 is 0 Å². The predicted molar refractivity (Wildman–Crippen MR) is 69.9 cm³/mol. The summed E-state index contributed by atoms with van der Waals surface area (Å²) in [6.07, 6.45) is 1.92. The van der Waals surface area contributed by atoms with Crippen LogP contribution in [-0.4, -0.2) is 24.4 Å². The van der Waals surface area contributed by atoms with E-state index in [0.29, 0.717) is 17.8 Å². The number of hydrogen-bond donors (Lipinski definition) is 2. The molecule has 6 nitrogen and oxygen atoms in total. The molecule has 0 atom stereocenters. The Balaban J connectivity index is 2.85. The van der Waals surface area contributed by atoms with Crippen molar-refractivity contribution in [2.24, 2.45) is 0 Å². The molecule has 1 aromatic rings. The highest BCUT2D eigenvalue weighted by molar-refractivity contribution is 5.95. The summed E-state index contributed by atoms with van der Waals surface area (Å²) in [4.78, 5) is 22.0. The van der Waals surface area contributed by atoms with Gasteiger partial charge in [0.05, 0.1) is 4.92 Å². The number of nitro groups is 1. The molecule has 0 radical (unpaired) electrons. The molecule has 0 fully saturated rings. The van der Waals surface area contributed by atoms with Crippen LogP contribution < -0.4 is 10.6 Å². The van der Waals surface area contributed by atoms with E-state index in [0.717, 1.165) is 12.8 Å². The first kappa shape index (κ1) is 14.0. The molecule has 0 saturated heterocycles. The summed E-state index contributed by atoms with van der Waals surface area (Å²) in [5, 5.41) is 16.2. The Morgan fingerprint density at radius 1 is 1.44 bits per heavy atom. The van der Waals surface area contributed by atoms with Gasteiger partial charge < -0.3 is 10.6 Å². The molecule has 6 heteroatoms. The highest BCUT2D eigenvalue weighted by Gasteiger charge is 2.15. The predicted octanol–water partition coefficient (Wildman–Crippen LogP) is 2.17. The van der Waals surface area contributed by atoms with E-state index in [1.54, 1.807) is 7.05 Å². The molecule has 0 aliphatic carbocycles. The number of amides is 1. The molecular weight excluding hydrogens is 234 g/mol. The maximum Gasteiger partial charge on any atom is 0.292 e. The molecule has 0 aliphatic rings. The van der Waals surface area contributed by atoms with E-state index in [1.165, 1.54) is 18.2 Å². The summed E-state index contributed by atoms with van der Waals surface area (Å²) in [6, 6.07) is 4.28. The van der Waals surface area contributed by atoms with Crippen molar-refractivity contribution in [1.29, 1.82) is 0 Å². The zero-order valence-corrected chi connectivity index (χ0v) is 10.5. The number of anilines is 1. The lowest BCUT2D eigenvalue weighted by Gasteiger charge is -2.07. The van der Waals surface area contributed by atoms with Gasteiger partial charge >= 0.3 is 0 Å². The molecular formula is C12H17N3O3. The third kappa shape index (κ3) is 3.44. The number of hydrogen-bond acceptors (Lipinski definition) is 4. The van der Waals surface area contributed by atoms with Crippen molar-refractivity contribution in [2.75, 3.05) is 18.9 Å². The van der Waals surface area contributed by atoms with Crippen molar-refractivity contribution in [3.05, 3.63) is 33.9 Å². The Kier molecular flexibility index (Phi) is 5.10. The zero-order valence-electron chi connectivity index (χ0n) is 10.5. The summed E-state index contributed by atoms with van der Waals surface area (Å²) in [5.74, 6) is -0.213. The van der Waals surface area contributed by atoms with Crippen molar-refractivity contribution < 1.29 is 9.72 Å². The quantitative estimate of drug-likeness (QED) is 0.461. The average Bonchev–Trinajstić information content (AvgIpc) is 2.37. The minimum atomic E-state index is -0.482. The second kappa shape index (κ2) is 6.58. The first-order valence-corrected chi connectivity index (χ1v) is 5.84. The number of nitro benzene ring substituents is 1. The molecule has 0 aliphatic heterocycles. The van der Waals surface area contributed by atoms with Gasteiger partial charge in [-0.1, -0.05) is 13.3 Å². The molecule has 1 amide bonds. The van der Waals surface area contributed by atoms with Crippen molar-refractivity contribution >= 4 is 17.3 Å². The smallest absolute Gasteiger partial charge is 0.292 e. The highest BCUT2D eigenvalue weighted by Crippen LogP contribution is 2.24. The second-order valence-electron chi connectivity index (χ2n) is 3.85. The fraction of sp³-hybridized carbons (Fsp3) is 0.417. The number of unbranched alkanes of at least 4 members (excludes halogenated alkanes) is 1. The van der Waals surface area contributed by atoms with E-state index < -0.39 is 4.92 Å². The second-order valence-corrected chi connectivity index (χ2v) is 3.85. The van der Waals surface area contributed by atoms with E-state index in [4.69, 9.17) is 0 Å². The number of nitrogens with one attached hydrogen (secondary N) is 2. The normalized spacial score (nSPS) is 9.89. The lowest BCUT2D eigenvalue weighted by Crippen LogP contribution is -2.24. The van der Waals surface area contributed by atoms with Gasteiger partial charge in [0.1, 0.15) is 5.69 Å². The van der Waals surface area contributed by atoms with Crippen LogP contribution in [0.3, 0.4) is 0 Å². The largest absolute Gasteiger partial charge is 0.383 e. The van der Waals surface area contributed by atoms with Crippen LogP contribution in [0.15, 0.2) is 18.2 Å². The van der Waals surface area contributed by atoms with Gasteiger partial charge in [-0.25, -0.2) is 0 Å². The summed E-state index contributed by atoms with van der Waals surface area (Å²) in [5.41, 5.74) is 0.715. The van der Waals surface area contributed by atoms with Crippen LogP contribution in [0.25, 0.3) is 0 Å². The van der Waals surface area contributed by atoms with E-state index in [-0.39, 0.29) is 11.6 Å². The number of carbonyl (C=O) groups is 1. The Labute approximate surface area is 106 Å². The van der Waals surface area contributed by atoms with Crippen LogP contribution in [0.1, 0.15) is 30.1 Å². The molecule has 18 heavy (non-hydrogen) atoms. The van der Waals surface area contributed by atoms with E-state index in [1.807, 2.05) is 6.92 Å². The van der Waals surface area contributed by atoms with Gasteiger partial charge in [0.15, 0.2) is 0 Å². The Bertz CT molecular complexity index is 446. The molecule has 0 bridgehead atoms. The van der Waals surface area contributed by atoms with Crippen LogP contribution in [0.2, 0.25) is 0 Å². The average molecular weight is 251 g/mol. The Morgan fingerprint density at radius 3 is 2.72 bits per heavy atom. The summed E-state index contributed by atoms with van der Waals surface area (Å²) in [6.45, 7) is 2.65. The minimum Gasteiger partial charge on any atom is -0.383 e. The standard InChI is InChI=1S/C12H17N3O3/c1-3-4-7-14-12(16)9-5-6-11(15(17)18)10(8-9)13-2/h5-6,8,13H,3-4,7H2,1-2H3,(H,14,16). The van der Waals surface area contributed by atoms with E-state index in [9.17, 15) is 14.9 Å². The minimum absolute atomic E-state index is 0.0393. The molecule has 0 saturated carbocycles. The SMILES string of the molecule is CCCCNC(=O)c1ccc([N+](=O)[O-])c(NC)c1. The van der Waals surface area contributed by atoms with Crippen molar-refractivity contribution in [3.8, 4) is 0 Å². The molecule has 2 N–H and O–H groups in total. The molecule has 1 aromatic carbocycles. The highest BCUT2D eigenvalue weighted by atomic mass is 16.6. The fourth-order valence-electron chi connectivity index (χ4n) is 1.52. The maximum atomic E-state index is 11.8. The number of carbonyl (C=O) groups excluding carboxylic acids is 1. The molecule has 1 rings (SSSR count). The van der Waals surface area contributed by atoms with Crippen molar-refractivity contribution in [2.45, 2.75) is 19.8 Å². The summed E-state index contributed by atoms with van der Waals surface area (Å²) < 4.78 is 0. The third-order valence-corrected chi connectivity index (χ3v) is 2.54. The number of rotatable bonds is 6. The van der Waals surface area contributed by atoms with Gasteiger partial charge in [0.2, 0.25) is 0 Å². The number of benzene rings is 1. The lowest BCUT2D eigenvalue weighted by atomic mass is 10.1. The monoisotopic (exact) mass is 251 g/mol. The van der Waals surface area contributed by atoms with Gasteiger partial charge in [-0.2, -0.15) is 0 Å². The van der Waals surface area contributed by atoms with Gasteiger partial charge in [-0.05, 0) is 18.6 Å². The van der Waals surface area contributed by atoms with Crippen LogP contribution in [-0.2, 0) is 0 Å². The first-order valence-electron chi connectivity index (χ1n) is 5.84. The molecule has 0 spiro atoms.